The molecule has 1 amide bonds. The number of carbonyl (C=O) groups excluding carboxylic acids is 2. The highest BCUT2D eigenvalue weighted by Crippen LogP contribution is 2.28. The lowest BCUT2D eigenvalue weighted by Crippen LogP contribution is -2.35. The zero-order valence-corrected chi connectivity index (χ0v) is 14.6. The number of nitro groups is 1. The van der Waals surface area contributed by atoms with E-state index in [0.717, 1.165) is 11.6 Å². The second kappa shape index (κ2) is 9.41. The molecule has 1 aromatic rings. The van der Waals surface area contributed by atoms with E-state index in [2.05, 4.69) is 6.58 Å². The molecule has 25 heavy (non-hydrogen) atoms. The average molecular weight is 350 g/mol. The number of benzene rings is 1. The standard InChI is InChI=1S/C17H22N2O6/c1-5-18(10-12(3)4)16(20)11-25-17(21)13-7-8-15(24-6-2)14(9-13)19(22)23/h7-9H,3,5-6,10-11H2,1-2,4H3. The normalized spacial score (nSPS) is 10.0. The van der Waals surface area contributed by atoms with E-state index in [0.29, 0.717) is 13.1 Å². The van der Waals surface area contributed by atoms with Crippen LogP contribution in [0.15, 0.2) is 30.4 Å². The smallest absolute Gasteiger partial charge is 0.338 e. The van der Waals surface area contributed by atoms with Crippen LogP contribution in [0.5, 0.6) is 5.75 Å². The molecular formula is C17H22N2O6. The van der Waals surface area contributed by atoms with Gasteiger partial charge in [-0.05, 0) is 32.9 Å². The number of hydrogen-bond acceptors (Lipinski definition) is 6. The van der Waals surface area contributed by atoms with Crippen molar-refractivity contribution in [3.05, 3.63) is 46.0 Å². The predicted octanol–water partition coefficient (Wildman–Crippen LogP) is 2.57. The average Bonchev–Trinajstić information content (AvgIpc) is 2.57. The topological polar surface area (TPSA) is 99.0 Å². The Hall–Kier alpha value is -2.90. The number of hydrogen-bond donors (Lipinski definition) is 0. The number of nitrogens with zero attached hydrogens (tertiary/aromatic N) is 2. The summed E-state index contributed by atoms with van der Waals surface area (Å²) in [6.07, 6.45) is 0. The second-order valence-corrected chi connectivity index (χ2v) is 5.31. The van der Waals surface area contributed by atoms with Crippen molar-refractivity contribution in [3.8, 4) is 5.75 Å². The molecule has 0 aromatic heterocycles. The summed E-state index contributed by atoms with van der Waals surface area (Å²) in [4.78, 5) is 36.0. The molecule has 0 aliphatic rings. The van der Waals surface area contributed by atoms with E-state index < -0.39 is 17.5 Å². The maximum absolute atomic E-state index is 12.1. The first-order valence-electron chi connectivity index (χ1n) is 7.80. The van der Waals surface area contributed by atoms with Gasteiger partial charge < -0.3 is 14.4 Å². The molecule has 0 aliphatic carbocycles. The van der Waals surface area contributed by atoms with E-state index in [1.807, 2.05) is 0 Å². The van der Waals surface area contributed by atoms with Crippen molar-refractivity contribution in [1.82, 2.24) is 4.90 Å². The van der Waals surface area contributed by atoms with Crippen LogP contribution in [-0.2, 0) is 9.53 Å². The fourth-order valence-corrected chi connectivity index (χ4v) is 2.07. The number of nitro benzene ring substituents is 1. The van der Waals surface area contributed by atoms with Gasteiger partial charge in [0.15, 0.2) is 12.4 Å². The van der Waals surface area contributed by atoms with Crippen LogP contribution in [0.4, 0.5) is 5.69 Å². The van der Waals surface area contributed by atoms with E-state index in [1.165, 1.54) is 17.0 Å². The van der Waals surface area contributed by atoms with Crippen molar-refractivity contribution in [2.24, 2.45) is 0 Å². The van der Waals surface area contributed by atoms with Crippen LogP contribution in [0.25, 0.3) is 0 Å². The van der Waals surface area contributed by atoms with Gasteiger partial charge in [0.05, 0.1) is 17.1 Å². The minimum Gasteiger partial charge on any atom is -0.487 e. The predicted molar refractivity (Wildman–Crippen MR) is 91.6 cm³/mol. The molecule has 0 bridgehead atoms. The van der Waals surface area contributed by atoms with E-state index in [1.54, 1.807) is 20.8 Å². The Bertz CT molecular complexity index is 671. The van der Waals surface area contributed by atoms with Crippen LogP contribution in [0, 0.1) is 10.1 Å². The van der Waals surface area contributed by atoms with E-state index in [-0.39, 0.29) is 29.5 Å². The van der Waals surface area contributed by atoms with Crippen LogP contribution in [0.1, 0.15) is 31.1 Å². The molecule has 1 rings (SSSR count). The lowest BCUT2D eigenvalue weighted by molar-refractivity contribution is -0.385. The molecule has 136 valence electrons. The minimum atomic E-state index is -0.814. The molecule has 8 heteroatoms. The van der Waals surface area contributed by atoms with Crippen LogP contribution < -0.4 is 4.74 Å². The maximum Gasteiger partial charge on any atom is 0.338 e. The number of rotatable bonds is 9. The van der Waals surface area contributed by atoms with Crippen molar-refractivity contribution in [3.63, 3.8) is 0 Å². The van der Waals surface area contributed by atoms with Crippen molar-refractivity contribution < 1.29 is 24.0 Å². The molecular weight excluding hydrogens is 328 g/mol. The molecule has 0 spiro atoms. The molecule has 0 saturated heterocycles. The van der Waals surface area contributed by atoms with Crippen molar-refractivity contribution in [2.45, 2.75) is 20.8 Å². The number of ether oxygens (including phenoxy) is 2. The third kappa shape index (κ3) is 5.91. The van der Waals surface area contributed by atoms with E-state index >= 15 is 0 Å². The monoisotopic (exact) mass is 350 g/mol. The summed E-state index contributed by atoms with van der Waals surface area (Å²) in [5.41, 5.74) is 0.453. The third-order valence-corrected chi connectivity index (χ3v) is 3.21. The minimum absolute atomic E-state index is 0.0223. The lowest BCUT2D eigenvalue weighted by Gasteiger charge is -2.20. The van der Waals surface area contributed by atoms with E-state index in [4.69, 9.17) is 9.47 Å². The van der Waals surface area contributed by atoms with Gasteiger partial charge in [-0.2, -0.15) is 0 Å². The van der Waals surface area contributed by atoms with Gasteiger partial charge in [0.1, 0.15) is 0 Å². The highest BCUT2D eigenvalue weighted by Gasteiger charge is 2.20. The largest absolute Gasteiger partial charge is 0.487 e. The first-order chi connectivity index (χ1) is 11.8. The van der Waals surface area contributed by atoms with Gasteiger partial charge in [0, 0.05) is 19.2 Å². The van der Waals surface area contributed by atoms with Gasteiger partial charge >= 0.3 is 11.7 Å². The Morgan fingerprint density at radius 3 is 2.52 bits per heavy atom. The van der Waals surface area contributed by atoms with Crippen molar-refractivity contribution in [1.29, 1.82) is 0 Å². The summed E-state index contributed by atoms with van der Waals surface area (Å²) in [5, 5.41) is 11.1. The summed E-state index contributed by atoms with van der Waals surface area (Å²) in [7, 11) is 0. The fourth-order valence-electron chi connectivity index (χ4n) is 2.07. The third-order valence-electron chi connectivity index (χ3n) is 3.21. The van der Waals surface area contributed by atoms with E-state index in [9.17, 15) is 19.7 Å². The van der Waals surface area contributed by atoms with Gasteiger partial charge in [0.25, 0.3) is 5.91 Å². The molecule has 1 aromatic carbocycles. The molecule has 8 nitrogen and oxygen atoms in total. The van der Waals surface area contributed by atoms with Crippen molar-refractivity contribution in [2.75, 3.05) is 26.3 Å². The Kier molecular flexibility index (Phi) is 7.58. The molecule has 0 saturated carbocycles. The van der Waals surface area contributed by atoms with Crippen LogP contribution >= 0.6 is 0 Å². The Morgan fingerprint density at radius 1 is 1.32 bits per heavy atom. The number of carbonyl (C=O) groups is 2. The van der Waals surface area contributed by atoms with Gasteiger partial charge in [0.2, 0.25) is 0 Å². The Morgan fingerprint density at radius 2 is 2.00 bits per heavy atom. The maximum atomic E-state index is 12.1. The fraction of sp³-hybridized carbons (Fsp3) is 0.412. The zero-order chi connectivity index (χ0) is 19.0. The van der Waals surface area contributed by atoms with Gasteiger partial charge in [-0.25, -0.2) is 4.79 Å². The van der Waals surface area contributed by atoms with Crippen LogP contribution in [0.3, 0.4) is 0 Å². The van der Waals surface area contributed by atoms with Crippen LogP contribution in [0.2, 0.25) is 0 Å². The first-order valence-corrected chi connectivity index (χ1v) is 7.80. The Balaban J connectivity index is 2.80. The molecule has 0 atom stereocenters. The van der Waals surface area contributed by atoms with Gasteiger partial charge in [-0.15, -0.1) is 0 Å². The molecule has 0 heterocycles. The van der Waals surface area contributed by atoms with Crippen molar-refractivity contribution >= 4 is 17.6 Å². The molecule has 0 N–H and O–H groups in total. The van der Waals surface area contributed by atoms with Crippen LogP contribution in [-0.4, -0.2) is 48.0 Å². The zero-order valence-electron chi connectivity index (χ0n) is 14.6. The summed E-state index contributed by atoms with van der Waals surface area (Å²) in [6.45, 7) is 9.68. The summed E-state index contributed by atoms with van der Waals surface area (Å²) in [5.74, 6) is -1.11. The van der Waals surface area contributed by atoms with Gasteiger partial charge in [-0.3, -0.25) is 14.9 Å². The Labute approximate surface area is 146 Å². The summed E-state index contributed by atoms with van der Waals surface area (Å²) in [6, 6.07) is 3.76. The molecule has 0 radical (unpaired) electrons. The van der Waals surface area contributed by atoms with Gasteiger partial charge in [-0.1, -0.05) is 12.2 Å². The molecule has 0 unspecified atom stereocenters. The molecule has 0 fully saturated rings. The number of amides is 1. The molecule has 0 aliphatic heterocycles. The lowest BCUT2D eigenvalue weighted by atomic mass is 10.2. The number of likely N-dealkylation sites (N-methyl/N-ethyl adjacent to an activating group) is 1. The highest BCUT2D eigenvalue weighted by atomic mass is 16.6. The second-order valence-electron chi connectivity index (χ2n) is 5.31. The number of esters is 1. The quantitative estimate of drug-likeness (QED) is 0.294. The first kappa shape index (κ1) is 20.1. The SMILES string of the molecule is C=C(C)CN(CC)C(=O)COC(=O)c1ccc(OCC)c([N+](=O)[O-])c1. The highest BCUT2D eigenvalue weighted by molar-refractivity contribution is 5.92. The summed E-state index contributed by atoms with van der Waals surface area (Å²) >= 11 is 0. The summed E-state index contributed by atoms with van der Waals surface area (Å²) < 4.78 is 10.1.